The molecule has 19 heavy (non-hydrogen) atoms. The average molecular weight is 264 g/mol. The third-order valence-corrected chi connectivity index (χ3v) is 3.22. The lowest BCUT2D eigenvalue weighted by atomic mass is 10.2. The second-order valence-electron chi connectivity index (χ2n) is 4.68. The molecule has 2 rings (SSSR count). The molecule has 0 saturated carbocycles. The lowest BCUT2D eigenvalue weighted by Crippen LogP contribution is -2.39. The van der Waals surface area contributed by atoms with E-state index in [0.29, 0.717) is 13.1 Å². The molecule has 2 atom stereocenters. The van der Waals surface area contributed by atoms with Gasteiger partial charge in [0, 0.05) is 6.54 Å². The third-order valence-electron chi connectivity index (χ3n) is 3.22. The molecule has 1 aromatic carbocycles. The van der Waals surface area contributed by atoms with Gasteiger partial charge in [-0.1, -0.05) is 37.3 Å². The summed E-state index contributed by atoms with van der Waals surface area (Å²) in [5.41, 5.74) is 0.957. The Balaban J connectivity index is 1.81. The van der Waals surface area contributed by atoms with Crippen molar-refractivity contribution in [2.24, 2.45) is 0 Å². The van der Waals surface area contributed by atoms with Gasteiger partial charge >= 0.3 is 6.09 Å². The van der Waals surface area contributed by atoms with Crippen LogP contribution >= 0.6 is 0 Å². The molecule has 0 unspecified atom stereocenters. The number of likely N-dealkylation sites (N-methyl/N-ethyl adjacent to an activating group) is 1. The van der Waals surface area contributed by atoms with Gasteiger partial charge in [0.2, 0.25) is 0 Å². The second-order valence-corrected chi connectivity index (χ2v) is 4.68. The number of rotatable bonds is 4. The van der Waals surface area contributed by atoms with Crippen molar-refractivity contribution in [1.82, 2.24) is 10.2 Å². The molecule has 5 nitrogen and oxygen atoms in total. The molecular formula is C14H20N2O3. The van der Waals surface area contributed by atoms with E-state index < -0.39 is 6.10 Å². The van der Waals surface area contributed by atoms with Gasteiger partial charge in [0.05, 0.1) is 18.7 Å². The van der Waals surface area contributed by atoms with E-state index in [0.717, 1.165) is 12.1 Å². The van der Waals surface area contributed by atoms with Gasteiger partial charge in [0.1, 0.15) is 6.61 Å². The zero-order valence-electron chi connectivity index (χ0n) is 11.1. The Morgan fingerprint density at radius 2 is 2.16 bits per heavy atom. The van der Waals surface area contributed by atoms with Crippen LogP contribution in [0.3, 0.4) is 0 Å². The minimum absolute atomic E-state index is 0.0609. The molecule has 1 amide bonds. The molecule has 104 valence electrons. The third kappa shape index (κ3) is 3.68. The van der Waals surface area contributed by atoms with Gasteiger partial charge in [0.15, 0.2) is 0 Å². The number of hydrogen-bond acceptors (Lipinski definition) is 4. The van der Waals surface area contributed by atoms with Crippen LogP contribution in [0.5, 0.6) is 0 Å². The number of nitrogens with zero attached hydrogens (tertiary/aromatic N) is 1. The summed E-state index contributed by atoms with van der Waals surface area (Å²) < 4.78 is 5.23. The molecule has 0 bridgehead atoms. The van der Waals surface area contributed by atoms with Crippen molar-refractivity contribution < 1.29 is 14.6 Å². The zero-order chi connectivity index (χ0) is 13.7. The lowest BCUT2D eigenvalue weighted by Gasteiger charge is -2.16. The van der Waals surface area contributed by atoms with Gasteiger partial charge in [-0.3, -0.25) is 0 Å². The molecule has 1 aliphatic heterocycles. The first-order chi connectivity index (χ1) is 9.20. The molecule has 2 N–H and O–H groups in total. The second kappa shape index (κ2) is 6.54. The van der Waals surface area contributed by atoms with Crippen molar-refractivity contribution >= 4 is 6.09 Å². The standard InChI is InChI=1S/C14H20N2O3/c1-2-15-12-8-16(9-13(12)17)14(18)19-10-11-6-4-3-5-7-11/h3-7,12-13,15,17H,2,8-10H2,1H3/t12-,13-/m0/s1. The lowest BCUT2D eigenvalue weighted by molar-refractivity contribution is 0.0969. The molecule has 1 heterocycles. The summed E-state index contributed by atoms with van der Waals surface area (Å²) >= 11 is 0. The molecular weight excluding hydrogens is 244 g/mol. The van der Waals surface area contributed by atoms with Crippen LogP contribution in [0.4, 0.5) is 4.79 Å². The summed E-state index contributed by atoms with van der Waals surface area (Å²) in [6.45, 7) is 3.82. The van der Waals surface area contributed by atoms with E-state index in [-0.39, 0.29) is 18.7 Å². The minimum atomic E-state index is -0.524. The average Bonchev–Trinajstić information content (AvgIpc) is 2.79. The number of ether oxygens (including phenoxy) is 1. The number of hydrogen-bond donors (Lipinski definition) is 2. The molecule has 1 aliphatic rings. The van der Waals surface area contributed by atoms with Crippen molar-refractivity contribution in [3.8, 4) is 0 Å². The van der Waals surface area contributed by atoms with Crippen LogP contribution in [0.1, 0.15) is 12.5 Å². The van der Waals surface area contributed by atoms with Crippen molar-refractivity contribution in [3.63, 3.8) is 0 Å². The Labute approximate surface area is 113 Å². The Bertz CT molecular complexity index is 410. The van der Waals surface area contributed by atoms with Crippen LogP contribution in [-0.4, -0.2) is 47.9 Å². The molecule has 1 saturated heterocycles. The zero-order valence-corrected chi connectivity index (χ0v) is 11.1. The number of amides is 1. The van der Waals surface area contributed by atoms with Gasteiger partial charge in [-0.05, 0) is 12.1 Å². The van der Waals surface area contributed by atoms with E-state index in [9.17, 15) is 9.90 Å². The summed E-state index contributed by atoms with van der Waals surface area (Å²) in [7, 11) is 0. The molecule has 0 spiro atoms. The smallest absolute Gasteiger partial charge is 0.410 e. The van der Waals surface area contributed by atoms with E-state index >= 15 is 0 Å². The first kappa shape index (κ1) is 13.8. The molecule has 5 heteroatoms. The molecule has 0 radical (unpaired) electrons. The van der Waals surface area contributed by atoms with Crippen molar-refractivity contribution in [1.29, 1.82) is 0 Å². The Morgan fingerprint density at radius 1 is 1.42 bits per heavy atom. The minimum Gasteiger partial charge on any atom is -0.445 e. The van der Waals surface area contributed by atoms with Crippen molar-refractivity contribution in [2.45, 2.75) is 25.7 Å². The maximum absolute atomic E-state index is 11.9. The van der Waals surface area contributed by atoms with Crippen LogP contribution < -0.4 is 5.32 Å². The van der Waals surface area contributed by atoms with Crippen LogP contribution in [0.15, 0.2) is 30.3 Å². The molecule has 1 fully saturated rings. The maximum atomic E-state index is 11.9. The van der Waals surface area contributed by atoms with Gasteiger partial charge in [-0.2, -0.15) is 0 Å². The van der Waals surface area contributed by atoms with Gasteiger partial charge < -0.3 is 20.1 Å². The summed E-state index contributed by atoms with van der Waals surface area (Å²) in [6, 6.07) is 9.49. The Morgan fingerprint density at radius 3 is 2.84 bits per heavy atom. The van der Waals surface area contributed by atoms with E-state index in [1.165, 1.54) is 0 Å². The molecule has 1 aromatic rings. The van der Waals surface area contributed by atoms with Crippen LogP contribution in [-0.2, 0) is 11.3 Å². The highest BCUT2D eigenvalue weighted by Gasteiger charge is 2.34. The number of carbonyl (C=O) groups is 1. The fourth-order valence-corrected chi connectivity index (χ4v) is 2.21. The monoisotopic (exact) mass is 264 g/mol. The number of carbonyl (C=O) groups excluding carboxylic acids is 1. The van der Waals surface area contributed by atoms with Crippen LogP contribution in [0, 0.1) is 0 Å². The van der Waals surface area contributed by atoms with E-state index in [1.54, 1.807) is 4.90 Å². The highest BCUT2D eigenvalue weighted by molar-refractivity contribution is 5.68. The number of β-amino-alcohol motifs (C(OH)–C–C–N with tert-alkyl or cyclic N) is 1. The first-order valence-corrected chi connectivity index (χ1v) is 6.57. The van der Waals surface area contributed by atoms with Gasteiger partial charge in [-0.25, -0.2) is 4.79 Å². The summed E-state index contributed by atoms with van der Waals surface area (Å²) in [5.74, 6) is 0. The number of aliphatic hydroxyl groups is 1. The number of aliphatic hydroxyl groups excluding tert-OH is 1. The van der Waals surface area contributed by atoms with Gasteiger partial charge in [0.25, 0.3) is 0 Å². The summed E-state index contributed by atoms with van der Waals surface area (Å²) in [4.78, 5) is 13.4. The largest absolute Gasteiger partial charge is 0.445 e. The maximum Gasteiger partial charge on any atom is 0.410 e. The van der Waals surface area contributed by atoms with Crippen molar-refractivity contribution in [2.75, 3.05) is 19.6 Å². The normalized spacial score (nSPS) is 22.5. The van der Waals surface area contributed by atoms with Crippen LogP contribution in [0.2, 0.25) is 0 Å². The fraction of sp³-hybridized carbons (Fsp3) is 0.500. The topological polar surface area (TPSA) is 61.8 Å². The summed E-state index contributed by atoms with van der Waals surface area (Å²) in [5, 5.41) is 13.0. The number of nitrogens with one attached hydrogen (secondary N) is 1. The molecule has 0 aliphatic carbocycles. The quantitative estimate of drug-likeness (QED) is 0.851. The highest BCUT2D eigenvalue weighted by atomic mass is 16.6. The summed E-state index contributed by atoms with van der Waals surface area (Å²) in [6.07, 6.45) is -0.896. The molecule has 0 aromatic heterocycles. The predicted molar refractivity (Wildman–Crippen MR) is 71.7 cm³/mol. The van der Waals surface area contributed by atoms with Gasteiger partial charge in [-0.15, -0.1) is 0 Å². The van der Waals surface area contributed by atoms with Crippen molar-refractivity contribution in [3.05, 3.63) is 35.9 Å². The SMILES string of the molecule is CCN[C@H]1CN(C(=O)OCc2ccccc2)C[C@@H]1O. The van der Waals surface area contributed by atoms with E-state index in [4.69, 9.17) is 4.74 Å². The predicted octanol–water partition coefficient (Wildman–Crippen LogP) is 0.978. The number of benzene rings is 1. The van der Waals surface area contributed by atoms with E-state index in [2.05, 4.69) is 5.32 Å². The number of likely N-dealkylation sites (tertiary alicyclic amines) is 1. The Kier molecular flexibility index (Phi) is 4.76. The fourth-order valence-electron chi connectivity index (χ4n) is 2.21. The first-order valence-electron chi connectivity index (χ1n) is 6.57. The van der Waals surface area contributed by atoms with E-state index in [1.807, 2.05) is 37.3 Å². The Hall–Kier alpha value is -1.59. The van der Waals surface area contributed by atoms with Crippen LogP contribution in [0.25, 0.3) is 0 Å². The highest BCUT2D eigenvalue weighted by Crippen LogP contribution is 2.12.